The van der Waals surface area contributed by atoms with E-state index in [1.807, 2.05) is 19.1 Å². The van der Waals surface area contributed by atoms with Crippen LogP contribution >= 0.6 is 0 Å². The third-order valence-electron chi connectivity index (χ3n) is 10.1. The first kappa shape index (κ1) is 21.2. The summed E-state index contributed by atoms with van der Waals surface area (Å²) in [4.78, 5) is 31.1. The van der Waals surface area contributed by atoms with Gasteiger partial charge in [0, 0.05) is 18.2 Å². The zero-order valence-corrected chi connectivity index (χ0v) is 20.4. The summed E-state index contributed by atoms with van der Waals surface area (Å²) in [6, 6.07) is 8.51. The number of aryl methyl sites for hydroxylation is 1. The Balaban J connectivity index is 1.27. The van der Waals surface area contributed by atoms with Gasteiger partial charge in [-0.15, -0.1) is 0 Å². The minimum atomic E-state index is -1.04. The van der Waals surface area contributed by atoms with Crippen molar-refractivity contribution in [3.63, 3.8) is 0 Å². The topological polar surface area (TPSA) is 90.3 Å². The summed E-state index contributed by atoms with van der Waals surface area (Å²) in [5, 5.41) is 23.5. The van der Waals surface area contributed by atoms with Crippen LogP contribution in [0.3, 0.4) is 0 Å². The number of benzene rings is 2. The molecule has 2 aromatic rings. The van der Waals surface area contributed by atoms with Gasteiger partial charge in [-0.2, -0.15) is 0 Å². The maximum Gasteiger partial charge on any atom is 0.261 e. The number of piperidine rings is 1. The van der Waals surface area contributed by atoms with Crippen LogP contribution in [0.25, 0.3) is 0 Å². The molecule has 0 unspecified atom stereocenters. The van der Waals surface area contributed by atoms with Crippen molar-refractivity contribution in [2.24, 2.45) is 5.92 Å². The number of ether oxygens (including phenoxy) is 1. The third kappa shape index (κ3) is 2.37. The number of fused-ring (bicyclic) bond motifs is 1. The molecular weight excluding hydrogens is 456 g/mol. The van der Waals surface area contributed by atoms with E-state index in [0.717, 1.165) is 36.2 Å². The van der Waals surface area contributed by atoms with Gasteiger partial charge in [0.15, 0.2) is 11.5 Å². The van der Waals surface area contributed by atoms with Gasteiger partial charge in [0.2, 0.25) is 0 Å². The first-order valence-electron chi connectivity index (χ1n) is 13.3. The molecule has 0 aromatic heterocycles. The first-order chi connectivity index (χ1) is 17.3. The SMILES string of the molecule is Cc1ccc2c(c1)C(=O)N([C@@H]1CC[C@@]3(O)[C@@H]4Cc5ccc(O)c6c5[C@@]3(CCN4CC3CC3)[C@H]1O6)C2=O. The van der Waals surface area contributed by atoms with Crippen LogP contribution in [0, 0.1) is 12.8 Å². The number of carbonyl (C=O) groups excluding carboxylic acids is 2. The van der Waals surface area contributed by atoms with Gasteiger partial charge in [0.25, 0.3) is 11.8 Å². The quantitative estimate of drug-likeness (QED) is 0.649. The molecule has 2 bridgehead atoms. The lowest BCUT2D eigenvalue weighted by Crippen LogP contribution is -2.78. The van der Waals surface area contributed by atoms with Gasteiger partial charge in [0.05, 0.1) is 28.2 Å². The van der Waals surface area contributed by atoms with Crippen molar-refractivity contribution < 1.29 is 24.5 Å². The molecule has 3 fully saturated rings. The minimum Gasteiger partial charge on any atom is -0.504 e. The van der Waals surface area contributed by atoms with Gasteiger partial charge in [-0.05, 0) is 81.7 Å². The molecule has 2 saturated carbocycles. The van der Waals surface area contributed by atoms with Gasteiger partial charge in [-0.1, -0.05) is 17.7 Å². The number of hydrogen-bond acceptors (Lipinski definition) is 6. The van der Waals surface area contributed by atoms with Gasteiger partial charge < -0.3 is 14.9 Å². The summed E-state index contributed by atoms with van der Waals surface area (Å²) in [6.07, 6.45) is 4.30. The molecule has 1 spiro atoms. The van der Waals surface area contributed by atoms with Crippen molar-refractivity contribution >= 4 is 11.8 Å². The molecular formula is C29H30N2O5. The Morgan fingerprint density at radius 3 is 2.67 bits per heavy atom. The Morgan fingerprint density at radius 1 is 1.06 bits per heavy atom. The summed E-state index contributed by atoms with van der Waals surface area (Å²) in [6.45, 7) is 3.76. The number of nitrogens with zero attached hydrogens (tertiary/aromatic N) is 2. The van der Waals surface area contributed by atoms with Crippen molar-refractivity contribution in [2.45, 2.75) is 74.7 Å². The van der Waals surface area contributed by atoms with Crippen molar-refractivity contribution in [2.75, 3.05) is 13.1 Å². The lowest BCUT2D eigenvalue weighted by molar-refractivity contribution is -0.196. The summed E-state index contributed by atoms with van der Waals surface area (Å²) < 4.78 is 6.57. The summed E-state index contributed by atoms with van der Waals surface area (Å²) in [7, 11) is 0. The standard InChI is InChI=1S/C29H30N2O5/c1-15-2-6-18-19(12-15)27(34)31(26(18)33)20-8-9-29(35)22-13-17-5-7-21(32)24-23(17)28(29,25(20)36-24)10-11-30(22)14-16-3-4-16/h2,5-7,12,16,20,22,25,32,35H,3-4,8-11,13-14H2,1H3/t20-,22+,25+,28+,29-/m1/s1. The van der Waals surface area contributed by atoms with E-state index in [9.17, 15) is 19.8 Å². The predicted octanol–water partition coefficient (Wildman–Crippen LogP) is 2.93. The average molecular weight is 487 g/mol. The third-order valence-corrected chi connectivity index (χ3v) is 10.1. The number of phenols is 1. The number of aromatic hydroxyl groups is 1. The number of imide groups is 1. The highest BCUT2D eigenvalue weighted by Crippen LogP contribution is 2.66. The fraction of sp³-hybridized carbons (Fsp3) is 0.517. The Kier molecular flexibility index (Phi) is 3.94. The van der Waals surface area contributed by atoms with Crippen molar-refractivity contribution in [1.82, 2.24) is 9.80 Å². The fourth-order valence-corrected chi connectivity index (χ4v) is 8.39. The van der Waals surface area contributed by atoms with Crippen LogP contribution in [0.4, 0.5) is 0 Å². The number of phenolic OH excluding ortho intramolecular Hbond substituents is 1. The zero-order chi connectivity index (χ0) is 24.6. The molecule has 1 saturated heterocycles. The average Bonchev–Trinajstić information content (AvgIpc) is 3.55. The summed E-state index contributed by atoms with van der Waals surface area (Å²) >= 11 is 0. The van der Waals surface area contributed by atoms with E-state index >= 15 is 0 Å². The second-order valence-corrected chi connectivity index (χ2v) is 11.9. The van der Waals surface area contributed by atoms with Crippen LogP contribution in [0.1, 0.15) is 69.5 Å². The normalized spacial score (nSPS) is 36.1. The molecule has 8 rings (SSSR count). The Labute approximate surface area is 209 Å². The molecule has 7 heteroatoms. The van der Waals surface area contributed by atoms with E-state index in [-0.39, 0.29) is 23.6 Å². The van der Waals surface area contributed by atoms with Crippen molar-refractivity contribution in [3.05, 3.63) is 58.1 Å². The highest BCUT2D eigenvalue weighted by molar-refractivity contribution is 6.21. The van der Waals surface area contributed by atoms with Crippen LogP contribution in [-0.2, 0) is 11.8 Å². The molecule has 3 heterocycles. The Morgan fingerprint density at radius 2 is 1.86 bits per heavy atom. The van der Waals surface area contributed by atoms with E-state index in [2.05, 4.69) is 4.90 Å². The molecule has 3 aliphatic carbocycles. The van der Waals surface area contributed by atoms with E-state index in [0.29, 0.717) is 42.1 Å². The van der Waals surface area contributed by atoms with Crippen LogP contribution < -0.4 is 4.74 Å². The molecule has 2 amide bonds. The largest absolute Gasteiger partial charge is 0.504 e. The monoisotopic (exact) mass is 486 g/mol. The minimum absolute atomic E-state index is 0.0354. The molecule has 7 nitrogen and oxygen atoms in total. The maximum atomic E-state index is 13.6. The second kappa shape index (κ2) is 6.69. The fourth-order valence-electron chi connectivity index (χ4n) is 8.39. The van der Waals surface area contributed by atoms with Gasteiger partial charge >= 0.3 is 0 Å². The van der Waals surface area contributed by atoms with E-state index in [1.165, 1.54) is 17.7 Å². The number of likely N-dealkylation sites (tertiary alicyclic amines) is 1. The number of amides is 2. The highest BCUT2D eigenvalue weighted by Gasteiger charge is 2.74. The molecule has 5 atom stereocenters. The Hall–Kier alpha value is -2.90. The molecule has 2 aromatic carbocycles. The molecule has 3 aliphatic heterocycles. The van der Waals surface area contributed by atoms with Gasteiger partial charge in [-0.25, -0.2) is 0 Å². The maximum absolute atomic E-state index is 13.6. The van der Waals surface area contributed by atoms with Crippen LogP contribution in [0.5, 0.6) is 11.5 Å². The summed E-state index contributed by atoms with van der Waals surface area (Å²) in [5.41, 5.74) is 2.04. The molecule has 36 heavy (non-hydrogen) atoms. The summed E-state index contributed by atoms with van der Waals surface area (Å²) in [5.74, 6) is 0.644. The number of hydrogen-bond donors (Lipinski definition) is 2. The van der Waals surface area contributed by atoms with Gasteiger partial charge in [0.1, 0.15) is 6.10 Å². The van der Waals surface area contributed by atoms with Gasteiger partial charge in [-0.3, -0.25) is 19.4 Å². The molecule has 6 aliphatic rings. The van der Waals surface area contributed by atoms with Crippen molar-refractivity contribution in [3.8, 4) is 11.5 Å². The lowest BCUT2D eigenvalue weighted by Gasteiger charge is -2.64. The van der Waals surface area contributed by atoms with E-state index in [4.69, 9.17) is 4.74 Å². The van der Waals surface area contributed by atoms with Crippen LogP contribution in [0.15, 0.2) is 30.3 Å². The number of aliphatic hydroxyl groups is 1. The van der Waals surface area contributed by atoms with E-state index < -0.39 is 23.2 Å². The zero-order valence-electron chi connectivity index (χ0n) is 20.4. The highest BCUT2D eigenvalue weighted by atomic mass is 16.5. The van der Waals surface area contributed by atoms with E-state index in [1.54, 1.807) is 18.2 Å². The lowest BCUT2D eigenvalue weighted by atomic mass is 9.48. The second-order valence-electron chi connectivity index (χ2n) is 11.9. The number of carbonyl (C=O) groups is 2. The first-order valence-corrected chi connectivity index (χ1v) is 13.3. The van der Waals surface area contributed by atoms with Crippen molar-refractivity contribution in [1.29, 1.82) is 0 Å². The smallest absolute Gasteiger partial charge is 0.261 e. The predicted molar refractivity (Wildman–Crippen MR) is 130 cm³/mol. The number of rotatable bonds is 3. The molecule has 2 N–H and O–H groups in total. The Bertz CT molecular complexity index is 1370. The molecule has 186 valence electrons. The van der Waals surface area contributed by atoms with Crippen LogP contribution in [0.2, 0.25) is 0 Å². The molecule has 0 radical (unpaired) electrons. The van der Waals surface area contributed by atoms with Crippen LogP contribution in [-0.4, -0.2) is 68.7 Å².